The Labute approximate surface area is 145 Å². The SMILES string of the molecule is O=C(NCc1ccccc1Cl)c1cncc(C(=O)N2CCCC2)c1. The van der Waals surface area contributed by atoms with Crippen LogP contribution in [0, 0.1) is 0 Å². The van der Waals surface area contributed by atoms with Crippen molar-refractivity contribution in [3.8, 4) is 0 Å². The number of benzene rings is 1. The highest BCUT2D eigenvalue weighted by Crippen LogP contribution is 2.15. The fraction of sp³-hybridized carbons (Fsp3) is 0.278. The van der Waals surface area contributed by atoms with Gasteiger partial charge in [0.1, 0.15) is 0 Å². The van der Waals surface area contributed by atoms with Gasteiger partial charge in [-0.05, 0) is 30.5 Å². The molecule has 0 aliphatic carbocycles. The van der Waals surface area contributed by atoms with E-state index in [4.69, 9.17) is 11.6 Å². The van der Waals surface area contributed by atoms with Crippen molar-refractivity contribution in [2.75, 3.05) is 13.1 Å². The molecular weight excluding hydrogens is 326 g/mol. The Morgan fingerprint density at radius 2 is 1.83 bits per heavy atom. The van der Waals surface area contributed by atoms with E-state index in [1.165, 1.54) is 12.4 Å². The minimum atomic E-state index is -0.279. The van der Waals surface area contributed by atoms with Crippen molar-refractivity contribution in [3.05, 3.63) is 64.4 Å². The standard InChI is InChI=1S/C18H18ClN3O2/c19-16-6-2-1-5-13(16)12-21-17(23)14-9-15(11-20-10-14)18(24)22-7-3-4-8-22/h1-2,5-6,9-11H,3-4,7-8,12H2,(H,21,23). The third-order valence-corrected chi connectivity index (χ3v) is 4.41. The fourth-order valence-corrected chi connectivity index (χ4v) is 2.91. The van der Waals surface area contributed by atoms with Crippen LogP contribution >= 0.6 is 11.6 Å². The van der Waals surface area contributed by atoms with Crippen LogP contribution in [0.25, 0.3) is 0 Å². The summed E-state index contributed by atoms with van der Waals surface area (Å²) in [4.78, 5) is 30.5. The Morgan fingerprint density at radius 3 is 2.58 bits per heavy atom. The summed E-state index contributed by atoms with van der Waals surface area (Å²) >= 11 is 6.08. The van der Waals surface area contributed by atoms with Crippen LogP contribution < -0.4 is 5.32 Å². The number of halogens is 1. The summed E-state index contributed by atoms with van der Waals surface area (Å²) in [7, 11) is 0. The number of hydrogen-bond donors (Lipinski definition) is 1. The van der Waals surface area contributed by atoms with Gasteiger partial charge in [-0.25, -0.2) is 0 Å². The number of amides is 2. The van der Waals surface area contributed by atoms with Crippen molar-refractivity contribution >= 4 is 23.4 Å². The van der Waals surface area contributed by atoms with E-state index >= 15 is 0 Å². The van der Waals surface area contributed by atoms with Gasteiger partial charge >= 0.3 is 0 Å². The van der Waals surface area contributed by atoms with Crippen LogP contribution in [0.4, 0.5) is 0 Å². The molecule has 0 saturated carbocycles. The molecule has 0 unspecified atom stereocenters. The van der Waals surface area contributed by atoms with Crippen molar-refractivity contribution in [2.45, 2.75) is 19.4 Å². The summed E-state index contributed by atoms with van der Waals surface area (Å²) in [5.74, 6) is -0.348. The van der Waals surface area contributed by atoms with E-state index < -0.39 is 0 Å². The number of likely N-dealkylation sites (tertiary alicyclic amines) is 1. The lowest BCUT2D eigenvalue weighted by Crippen LogP contribution is -2.28. The Kier molecular flexibility index (Phi) is 5.11. The van der Waals surface area contributed by atoms with E-state index in [2.05, 4.69) is 10.3 Å². The molecule has 2 amide bonds. The molecule has 6 heteroatoms. The van der Waals surface area contributed by atoms with E-state index in [-0.39, 0.29) is 11.8 Å². The highest BCUT2D eigenvalue weighted by atomic mass is 35.5. The second-order valence-corrected chi connectivity index (χ2v) is 6.14. The highest BCUT2D eigenvalue weighted by molar-refractivity contribution is 6.31. The summed E-state index contributed by atoms with van der Waals surface area (Å²) in [6, 6.07) is 8.93. The predicted octanol–water partition coefficient (Wildman–Crippen LogP) is 2.90. The lowest BCUT2D eigenvalue weighted by molar-refractivity contribution is 0.0792. The van der Waals surface area contributed by atoms with Crippen molar-refractivity contribution in [1.82, 2.24) is 15.2 Å². The third-order valence-electron chi connectivity index (χ3n) is 4.04. The zero-order chi connectivity index (χ0) is 16.9. The van der Waals surface area contributed by atoms with Gasteiger partial charge in [0.05, 0.1) is 11.1 Å². The monoisotopic (exact) mass is 343 g/mol. The molecule has 1 saturated heterocycles. The van der Waals surface area contributed by atoms with E-state index in [0.717, 1.165) is 31.5 Å². The first kappa shape index (κ1) is 16.5. The summed E-state index contributed by atoms with van der Waals surface area (Å²) in [6.07, 6.45) is 5.02. The van der Waals surface area contributed by atoms with Crippen LogP contribution in [0.1, 0.15) is 39.1 Å². The number of aromatic nitrogens is 1. The molecule has 1 aromatic heterocycles. The summed E-state index contributed by atoms with van der Waals surface area (Å²) in [5, 5.41) is 3.41. The van der Waals surface area contributed by atoms with Gasteiger partial charge in [-0.2, -0.15) is 0 Å². The maximum Gasteiger partial charge on any atom is 0.255 e. The number of nitrogens with zero attached hydrogens (tertiary/aromatic N) is 2. The second kappa shape index (κ2) is 7.45. The molecule has 1 fully saturated rings. The zero-order valence-electron chi connectivity index (χ0n) is 13.2. The molecule has 124 valence electrons. The van der Waals surface area contributed by atoms with Crippen LogP contribution in [-0.2, 0) is 6.54 Å². The lowest BCUT2D eigenvalue weighted by atomic mass is 10.1. The van der Waals surface area contributed by atoms with Gasteiger partial charge in [0.25, 0.3) is 11.8 Å². The number of pyridine rings is 1. The first-order chi connectivity index (χ1) is 11.6. The van der Waals surface area contributed by atoms with Gasteiger partial charge in [0, 0.05) is 37.1 Å². The molecule has 1 aliphatic rings. The number of nitrogens with one attached hydrogen (secondary N) is 1. The molecule has 2 heterocycles. The van der Waals surface area contributed by atoms with Crippen LogP contribution in [0.5, 0.6) is 0 Å². The topological polar surface area (TPSA) is 62.3 Å². The van der Waals surface area contributed by atoms with Crippen LogP contribution in [-0.4, -0.2) is 34.8 Å². The van der Waals surface area contributed by atoms with Gasteiger partial charge in [0.15, 0.2) is 0 Å². The molecule has 5 nitrogen and oxygen atoms in total. The average molecular weight is 344 g/mol. The summed E-state index contributed by atoms with van der Waals surface area (Å²) in [6.45, 7) is 1.85. The highest BCUT2D eigenvalue weighted by Gasteiger charge is 2.20. The van der Waals surface area contributed by atoms with Crippen LogP contribution in [0.3, 0.4) is 0 Å². The largest absolute Gasteiger partial charge is 0.348 e. The van der Waals surface area contributed by atoms with Crippen molar-refractivity contribution < 1.29 is 9.59 Å². The molecule has 2 aromatic rings. The van der Waals surface area contributed by atoms with E-state index in [1.807, 2.05) is 18.2 Å². The molecule has 0 bridgehead atoms. The quantitative estimate of drug-likeness (QED) is 0.928. The molecule has 0 spiro atoms. The first-order valence-corrected chi connectivity index (χ1v) is 8.29. The Morgan fingerprint density at radius 1 is 1.12 bits per heavy atom. The molecule has 1 aliphatic heterocycles. The molecule has 0 radical (unpaired) electrons. The van der Waals surface area contributed by atoms with Crippen molar-refractivity contribution in [3.63, 3.8) is 0 Å². The van der Waals surface area contributed by atoms with Gasteiger partial charge in [-0.15, -0.1) is 0 Å². The molecule has 0 atom stereocenters. The first-order valence-electron chi connectivity index (χ1n) is 7.91. The number of carbonyl (C=O) groups excluding carboxylic acids is 2. The number of carbonyl (C=O) groups is 2. The summed E-state index contributed by atoms with van der Waals surface area (Å²) in [5.41, 5.74) is 1.65. The molecule has 1 aromatic carbocycles. The third kappa shape index (κ3) is 3.74. The maximum atomic E-state index is 12.4. The predicted molar refractivity (Wildman–Crippen MR) is 92.0 cm³/mol. The Hall–Kier alpha value is -2.40. The summed E-state index contributed by atoms with van der Waals surface area (Å²) < 4.78 is 0. The average Bonchev–Trinajstić information content (AvgIpc) is 3.15. The number of rotatable bonds is 4. The smallest absolute Gasteiger partial charge is 0.255 e. The fourth-order valence-electron chi connectivity index (χ4n) is 2.70. The lowest BCUT2D eigenvalue weighted by Gasteiger charge is -2.15. The van der Waals surface area contributed by atoms with Crippen LogP contribution in [0.2, 0.25) is 5.02 Å². The van der Waals surface area contributed by atoms with Crippen LogP contribution in [0.15, 0.2) is 42.7 Å². The Bertz CT molecular complexity index is 757. The maximum absolute atomic E-state index is 12.4. The molecule has 1 N–H and O–H groups in total. The van der Waals surface area contributed by atoms with Gasteiger partial charge in [0.2, 0.25) is 0 Å². The number of hydrogen-bond acceptors (Lipinski definition) is 3. The van der Waals surface area contributed by atoms with E-state index in [0.29, 0.717) is 22.7 Å². The van der Waals surface area contributed by atoms with Crippen molar-refractivity contribution in [1.29, 1.82) is 0 Å². The molecular formula is C18H18ClN3O2. The molecule has 3 rings (SSSR count). The van der Waals surface area contributed by atoms with Gasteiger partial charge in [-0.1, -0.05) is 29.8 Å². The normalized spacial score (nSPS) is 13.8. The van der Waals surface area contributed by atoms with Crippen molar-refractivity contribution in [2.24, 2.45) is 0 Å². The zero-order valence-corrected chi connectivity index (χ0v) is 13.9. The van der Waals surface area contributed by atoms with Gasteiger partial charge in [-0.3, -0.25) is 14.6 Å². The van der Waals surface area contributed by atoms with E-state index in [1.54, 1.807) is 17.0 Å². The van der Waals surface area contributed by atoms with Gasteiger partial charge < -0.3 is 10.2 Å². The Balaban J connectivity index is 1.68. The van der Waals surface area contributed by atoms with E-state index in [9.17, 15) is 9.59 Å². The second-order valence-electron chi connectivity index (χ2n) is 5.74. The minimum Gasteiger partial charge on any atom is -0.348 e. The minimum absolute atomic E-state index is 0.0687. The molecule has 24 heavy (non-hydrogen) atoms.